The van der Waals surface area contributed by atoms with E-state index in [9.17, 15) is 14.4 Å². The quantitative estimate of drug-likeness (QED) is 0.282. The summed E-state index contributed by atoms with van der Waals surface area (Å²) in [6.45, 7) is 5.94. The van der Waals surface area contributed by atoms with Gasteiger partial charge < -0.3 is 24.4 Å². The van der Waals surface area contributed by atoms with Crippen molar-refractivity contribution in [2.45, 2.75) is 50.3 Å². The predicted octanol–water partition coefficient (Wildman–Crippen LogP) is 3.38. The second-order valence-corrected chi connectivity index (χ2v) is 13.8. The van der Waals surface area contributed by atoms with Crippen LogP contribution in [-0.4, -0.2) is 128 Å². The molecule has 13 heteroatoms. The van der Waals surface area contributed by atoms with Crippen molar-refractivity contribution >= 4 is 44.8 Å². The normalized spacial score (nSPS) is 19.6. The average Bonchev–Trinajstić information content (AvgIpc) is 3.75. The Morgan fingerprint density at radius 2 is 1.65 bits per heavy atom. The summed E-state index contributed by atoms with van der Waals surface area (Å²) >= 11 is 0. The van der Waals surface area contributed by atoms with Gasteiger partial charge in [0.25, 0.3) is 5.91 Å². The van der Waals surface area contributed by atoms with Crippen molar-refractivity contribution in [3.05, 3.63) is 70.9 Å². The van der Waals surface area contributed by atoms with Crippen molar-refractivity contribution in [1.82, 2.24) is 44.3 Å². The summed E-state index contributed by atoms with van der Waals surface area (Å²) in [4.78, 5) is 56.9. The number of aromatic nitrogens is 5. The molecule has 49 heavy (non-hydrogen) atoms. The van der Waals surface area contributed by atoms with Crippen LogP contribution < -0.4 is 5.69 Å². The van der Waals surface area contributed by atoms with Gasteiger partial charge in [-0.15, -0.1) is 0 Å². The molecule has 0 radical (unpaired) electrons. The van der Waals surface area contributed by atoms with Gasteiger partial charge in [0, 0.05) is 68.5 Å². The maximum absolute atomic E-state index is 14.1. The highest BCUT2D eigenvalue weighted by molar-refractivity contribution is 6.01. The number of imidazole rings is 1. The van der Waals surface area contributed by atoms with Crippen LogP contribution in [0.4, 0.5) is 4.79 Å². The van der Waals surface area contributed by atoms with Gasteiger partial charge >= 0.3 is 11.8 Å². The molecule has 256 valence electrons. The van der Waals surface area contributed by atoms with Crippen LogP contribution in [0.5, 0.6) is 0 Å². The lowest BCUT2D eigenvalue weighted by atomic mass is 10.0. The summed E-state index contributed by atoms with van der Waals surface area (Å²) in [5.74, 6) is -0.149. The third kappa shape index (κ3) is 6.28. The summed E-state index contributed by atoms with van der Waals surface area (Å²) < 4.78 is 7.87. The highest BCUT2D eigenvalue weighted by Crippen LogP contribution is 2.28. The molecule has 3 aromatic heterocycles. The highest BCUT2D eigenvalue weighted by atomic mass is 16.6. The van der Waals surface area contributed by atoms with Crippen LogP contribution in [0, 0.1) is 0 Å². The number of piperidine rings is 2. The molecule has 0 aliphatic carbocycles. The van der Waals surface area contributed by atoms with E-state index in [4.69, 9.17) is 4.74 Å². The van der Waals surface area contributed by atoms with E-state index in [0.29, 0.717) is 45.1 Å². The van der Waals surface area contributed by atoms with Crippen LogP contribution >= 0.6 is 0 Å². The number of nitrogens with zero attached hydrogens (tertiary/aromatic N) is 7. The zero-order valence-corrected chi connectivity index (χ0v) is 27.9. The Morgan fingerprint density at radius 3 is 2.45 bits per heavy atom. The number of benzene rings is 2. The molecule has 2 amide bonds. The summed E-state index contributed by atoms with van der Waals surface area (Å²) in [7, 11) is 2.17. The van der Waals surface area contributed by atoms with Gasteiger partial charge in [-0.2, -0.15) is 5.10 Å². The standard InChI is InChI=1S/C36H43N9O4/c1-41-12-8-26(9-13-41)42-16-18-43(19-17-42)34(46)32(21-24-6-7-29-25(20-24)22-38-40-29)49-36(48)44-14-10-27(11-15-44)45-31-23-37-30-5-3-2-4-28(30)33(31)39-35(45)47/h2-7,20,22-23,26-27,32H,8-19,21H2,1H3,(H,38,40)(H,39,47). The zero-order valence-electron chi connectivity index (χ0n) is 27.9. The third-order valence-electron chi connectivity index (χ3n) is 10.8. The van der Waals surface area contributed by atoms with Crippen LogP contribution in [0.15, 0.2) is 59.7 Å². The Hall–Kier alpha value is -4.75. The maximum Gasteiger partial charge on any atom is 0.410 e. The molecule has 1 atom stereocenters. The second kappa shape index (κ2) is 13.3. The molecule has 8 rings (SSSR count). The van der Waals surface area contributed by atoms with Crippen molar-refractivity contribution in [3.8, 4) is 0 Å². The Morgan fingerprint density at radius 1 is 0.898 bits per heavy atom. The van der Waals surface area contributed by atoms with Crippen LogP contribution in [-0.2, 0) is 16.0 Å². The van der Waals surface area contributed by atoms with E-state index in [1.807, 2.05) is 47.4 Å². The molecule has 3 aliphatic heterocycles. The lowest BCUT2D eigenvalue weighted by Crippen LogP contribution is -2.56. The van der Waals surface area contributed by atoms with Gasteiger partial charge in [-0.05, 0) is 69.6 Å². The average molecular weight is 666 g/mol. The molecular formula is C36H43N9O4. The molecule has 2 N–H and O–H groups in total. The fraction of sp³-hybridized carbons (Fsp3) is 0.472. The van der Waals surface area contributed by atoms with E-state index in [1.165, 1.54) is 0 Å². The van der Waals surface area contributed by atoms with Crippen LogP contribution in [0.1, 0.15) is 37.3 Å². The summed E-state index contributed by atoms with van der Waals surface area (Å²) in [5, 5.41) is 8.94. The highest BCUT2D eigenvalue weighted by Gasteiger charge is 2.35. The van der Waals surface area contributed by atoms with E-state index in [-0.39, 0.29) is 24.1 Å². The molecular weight excluding hydrogens is 622 g/mol. The molecule has 0 spiro atoms. The van der Waals surface area contributed by atoms with Gasteiger partial charge in [-0.3, -0.25) is 24.3 Å². The first kappa shape index (κ1) is 31.5. The Labute approximate surface area is 283 Å². The molecule has 0 saturated carbocycles. The molecule has 13 nitrogen and oxygen atoms in total. The molecule has 0 bridgehead atoms. The van der Waals surface area contributed by atoms with Gasteiger partial charge in [0.1, 0.15) is 0 Å². The number of para-hydroxylation sites is 1. The lowest BCUT2D eigenvalue weighted by molar-refractivity contribution is -0.143. The Kier molecular flexibility index (Phi) is 8.54. The lowest BCUT2D eigenvalue weighted by Gasteiger charge is -2.42. The summed E-state index contributed by atoms with van der Waals surface area (Å²) in [5.41, 5.74) is 4.01. The molecule has 3 fully saturated rings. The van der Waals surface area contributed by atoms with Gasteiger partial charge in [-0.25, -0.2) is 9.59 Å². The van der Waals surface area contributed by atoms with Gasteiger partial charge in [0.2, 0.25) is 0 Å². The number of carbonyl (C=O) groups excluding carboxylic acids is 2. The number of likely N-dealkylation sites (tertiary alicyclic amines) is 2. The molecule has 5 aromatic rings. The van der Waals surface area contributed by atoms with E-state index >= 15 is 0 Å². The number of piperazine rings is 1. The topological polar surface area (TPSA) is 136 Å². The minimum Gasteiger partial charge on any atom is -0.436 e. The number of pyridine rings is 1. The number of amides is 2. The van der Waals surface area contributed by atoms with Crippen molar-refractivity contribution in [2.24, 2.45) is 0 Å². The van der Waals surface area contributed by atoms with Gasteiger partial charge in [-0.1, -0.05) is 24.3 Å². The molecule has 3 aliphatic rings. The number of rotatable bonds is 6. The van der Waals surface area contributed by atoms with Crippen molar-refractivity contribution < 1.29 is 14.3 Å². The number of H-pyrrole nitrogens is 2. The van der Waals surface area contributed by atoms with E-state index in [0.717, 1.165) is 77.4 Å². The molecule has 2 aromatic carbocycles. The molecule has 3 saturated heterocycles. The summed E-state index contributed by atoms with van der Waals surface area (Å²) in [6.07, 6.45) is 5.83. The van der Waals surface area contributed by atoms with E-state index in [2.05, 4.69) is 37.0 Å². The van der Waals surface area contributed by atoms with Crippen LogP contribution in [0.2, 0.25) is 0 Å². The number of nitrogens with one attached hydrogen (secondary N) is 2. The number of carbonyl (C=O) groups is 2. The first-order chi connectivity index (χ1) is 23.9. The summed E-state index contributed by atoms with van der Waals surface area (Å²) in [6, 6.07) is 14.1. The minimum atomic E-state index is -0.944. The van der Waals surface area contributed by atoms with Gasteiger partial charge in [0.15, 0.2) is 6.10 Å². The Bertz CT molecular complexity index is 2030. The number of hydrogen-bond donors (Lipinski definition) is 2. The SMILES string of the molecule is CN1CCC(N2CCN(C(=O)C(Cc3ccc4[nH]ncc4c3)OC(=O)N3CCC(n4c(=O)[nH]c5c6ccccc6ncc54)CC3)CC2)CC1. The van der Waals surface area contributed by atoms with E-state index < -0.39 is 12.2 Å². The zero-order chi connectivity index (χ0) is 33.5. The number of ether oxygens (including phenoxy) is 1. The van der Waals surface area contributed by atoms with Crippen LogP contribution in [0.3, 0.4) is 0 Å². The molecule has 6 heterocycles. The number of aromatic amines is 2. The van der Waals surface area contributed by atoms with E-state index in [1.54, 1.807) is 21.9 Å². The Balaban J connectivity index is 0.949. The fourth-order valence-electron chi connectivity index (χ4n) is 7.97. The number of hydrogen-bond acceptors (Lipinski definition) is 8. The van der Waals surface area contributed by atoms with Crippen LogP contribution in [0.25, 0.3) is 32.8 Å². The monoisotopic (exact) mass is 665 g/mol. The van der Waals surface area contributed by atoms with Gasteiger partial charge in [0.05, 0.1) is 34.5 Å². The first-order valence-corrected chi connectivity index (χ1v) is 17.5. The second-order valence-electron chi connectivity index (χ2n) is 13.8. The smallest absolute Gasteiger partial charge is 0.410 e. The van der Waals surface area contributed by atoms with Crippen molar-refractivity contribution in [3.63, 3.8) is 0 Å². The van der Waals surface area contributed by atoms with Crippen molar-refractivity contribution in [2.75, 3.05) is 59.4 Å². The molecule has 1 unspecified atom stereocenters. The largest absolute Gasteiger partial charge is 0.436 e. The fourth-order valence-corrected chi connectivity index (χ4v) is 7.97. The van der Waals surface area contributed by atoms with Crippen molar-refractivity contribution in [1.29, 1.82) is 0 Å². The minimum absolute atomic E-state index is 0.0896. The predicted molar refractivity (Wildman–Crippen MR) is 186 cm³/mol. The third-order valence-corrected chi connectivity index (χ3v) is 10.8. The maximum atomic E-state index is 14.1. The number of fused-ring (bicyclic) bond motifs is 4. The first-order valence-electron chi connectivity index (χ1n) is 17.5.